The first kappa shape index (κ1) is 16.3. The van der Waals surface area contributed by atoms with Crippen LogP contribution in [0, 0.1) is 13.8 Å². The second kappa shape index (κ2) is 6.88. The standard InChI is InChI=1S/C16H20N4OS2/c1-4-7-20-10(2)8-13(11(20)3)14(21)9-22-16-19-18-15(23-16)17-12-5-6-12/h4,8,12H,1,5-7,9H2,2-3H3,(H,17,18). The highest BCUT2D eigenvalue weighted by molar-refractivity contribution is 8.01. The molecule has 0 aromatic carbocycles. The van der Waals surface area contributed by atoms with E-state index in [0.29, 0.717) is 11.8 Å². The van der Waals surface area contributed by atoms with Gasteiger partial charge in [-0.05, 0) is 32.8 Å². The minimum Gasteiger partial charge on any atom is -0.357 e. The molecule has 1 saturated carbocycles. The summed E-state index contributed by atoms with van der Waals surface area (Å²) in [7, 11) is 0. The van der Waals surface area contributed by atoms with Gasteiger partial charge in [0, 0.05) is 29.5 Å². The molecule has 0 radical (unpaired) electrons. The van der Waals surface area contributed by atoms with Gasteiger partial charge in [0.25, 0.3) is 0 Å². The fourth-order valence-corrected chi connectivity index (χ4v) is 4.14. The van der Waals surface area contributed by atoms with Gasteiger partial charge in [-0.2, -0.15) is 0 Å². The van der Waals surface area contributed by atoms with Crippen molar-refractivity contribution in [2.75, 3.05) is 11.1 Å². The van der Waals surface area contributed by atoms with Gasteiger partial charge in [0.15, 0.2) is 10.1 Å². The number of nitrogens with one attached hydrogen (secondary N) is 1. The zero-order valence-corrected chi connectivity index (χ0v) is 15.0. The molecule has 0 spiro atoms. The molecule has 7 heteroatoms. The Hall–Kier alpha value is -1.60. The summed E-state index contributed by atoms with van der Waals surface area (Å²) in [5.41, 5.74) is 2.88. The first-order chi connectivity index (χ1) is 11.1. The molecule has 122 valence electrons. The number of allylic oxidation sites excluding steroid dienone is 1. The number of anilines is 1. The number of aromatic nitrogens is 3. The van der Waals surface area contributed by atoms with Gasteiger partial charge < -0.3 is 9.88 Å². The number of carbonyl (C=O) groups is 1. The topological polar surface area (TPSA) is 59.8 Å². The van der Waals surface area contributed by atoms with E-state index in [0.717, 1.165) is 33.0 Å². The predicted octanol–water partition coefficient (Wildman–Crippen LogP) is 3.69. The summed E-state index contributed by atoms with van der Waals surface area (Å²) in [6.07, 6.45) is 4.26. The Kier molecular flexibility index (Phi) is 4.87. The zero-order valence-electron chi connectivity index (χ0n) is 13.3. The van der Waals surface area contributed by atoms with Crippen LogP contribution in [0.15, 0.2) is 23.1 Å². The lowest BCUT2D eigenvalue weighted by Crippen LogP contribution is -2.06. The maximum absolute atomic E-state index is 12.5. The second-order valence-corrected chi connectivity index (χ2v) is 7.89. The number of hydrogen-bond donors (Lipinski definition) is 1. The van der Waals surface area contributed by atoms with Gasteiger partial charge in [0.2, 0.25) is 5.13 Å². The van der Waals surface area contributed by atoms with Crippen molar-refractivity contribution in [3.63, 3.8) is 0 Å². The Bertz CT molecular complexity index is 731. The van der Waals surface area contributed by atoms with Crippen LogP contribution in [0.2, 0.25) is 0 Å². The summed E-state index contributed by atoms with van der Waals surface area (Å²) in [4.78, 5) is 12.5. The van der Waals surface area contributed by atoms with E-state index in [9.17, 15) is 4.79 Å². The Morgan fingerprint density at radius 3 is 3.00 bits per heavy atom. The van der Waals surface area contributed by atoms with Crippen LogP contribution in [-0.2, 0) is 6.54 Å². The number of aryl methyl sites for hydroxylation is 1. The molecule has 0 saturated heterocycles. The van der Waals surface area contributed by atoms with E-state index in [2.05, 4.69) is 26.7 Å². The Morgan fingerprint density at radius 1 is 1.52 bits per heavy atom. The monoisotopic (exact) mass is 348 g/mol. The first-order valence-electron chi connectivity index (χ1n) is 7.62. The number of nitrogens with zero attached hydrogens (tertiary/aromatic N) is 3. The normalized spacial score (nSPS) is 14.0. The van der Waals surface area contributed by atoms with E-state index in [4.69, 9.17) is 0 Å². The van der Waals surface area contributed by atoms with Crippen molar-refractivity contribution in [1.82, 2.24) is 14.8 Å². The van der Waals surface area contributed by atoms with Gasteiger partial charge in [-0.15, -0.1) is 16.8 Å². The molecule has 0 atom stereocenters. The van der Waals surface area contributed by atoms with Crippen molar-refractivity contribution >= 4 is 34.0 Å². The van der Waals surface area contributed by atoms with E-state index < -0.39 is 0 Å². The third-order valence-electron chi connectivity index (χ3n) is 3.82. The molecule has 3 rings (SSSR count). The fraction of sp³-hybridized carbons (Fsp3) is 0.438. The number of carbonyl (C=O) groups excluding carboxylic acids is 1. The summed E-state index contributed by atoms with van der Waals surface area (Å²) in [6, 6.07) is 2.53. The number of Topliss-reactive ketones (excluding diaryl/α,β-unsaturated/α-hetero) is 1. The van der Waals surface area contributed by atoms with Crippen LogP contribution in [0.5, 0.6) is 0 Å². The molecule has 0 bridgehead atoms. The zero-order chi connectivity index (χ0) is 16.4. The van der Waals surface area contributed by atoms with Gasteiger partial charge in [-0.25, -0.2) is 0 Å². The molecule has 1 aliphatic carbocycles. The lowest BCUT2D eigenvalue weighted by Gasteiger charge is -2.05. The largest absolute Gasteiger partial charge is 0.357 e. The van der Waals surface area contributed by atoms with Crippen LogP contribution in [0.3, 0.4) is 0 Å². The van der Waals surface area contributed by atoms with E-state index in [1.807, 2.05) is 26.0 Å². The number of ketones is 1. The Balaban J connectivity index is 1.61. The highest BCUT2D eigenvalue weighted by Crippen LogP contribution is 2.30. The van der Waals surface area contributed by atoms with Gasteiger partial charge in [-0.3, -0.25) is 4.79 Å². The smallest absolute Gasteiger partial charge is 0.206 e. The van der Waals surface area contributed by atoms with Crippen LogP contribution in [0.4, 0.5) is 5.13 Å². The minimum absolute atomic E-state index is 0.130. The lowest BCUT2D eigenvalue weighted by molar-refractivity contribution is 0.102. The summed E-state index contributed by atoms with van der Waals surface area (Å²) in [6.45, 7) is 8.49. The van der Waals surface area contributed by atoms with Crippen molar-refractivity contribution in [3.05, 3.63) is 35.7 Å². The van der Waals surface area contributed by atoms with Crippen LogP contribution >= 0.6 is 23.1 Å². The van der Waals surface area contributed by atoms with Crippen LogP contribution in [-0.4, -0.2) is 32.3 Å². The van der Waals surface area contributed by atoms with E-state index >= 15 is 0 Å². The van der Waals surface area contributed by atoms with Gasteiger partial charge in [0.1, 0.15) is 0 Å². The van der Waals surface area contributed by atoms with Gasteiger partial charge in [0.05, 0.1) is 5.75 Å². The summed E-state index contributed by atoms with van der Waals surface area (Å²) in [5, 5.41) is 12.4. The molecule has 0 amide bonds. The number of thioether (sulfide) groups is 1. The van der Waals surface area contributed by atoms with Crippen molar-refractivity contribution < 1.29 is 4.79 Å². The molecule has 0 aliphatic heterocycles. The Morgan fingerprint density at radius 2 is 2.30 bits per heavy atom. The SMILES string of the molecule is C=CCn1c(C)cc(C(=O)CSc2nnc(NC3CC3)s2)c1C. The molecule has 2 aromatic rings. The molecule has 2 aromatic heterocycles. The summed E-state index contributed by atoms with van der Waals surface area (Å²) < 4.78 is 2.94. The van der Waals surface area contributed by atoms with Crippen LogP contribution in [0.1, 0.15) is 34.6 Å². The minimum atomic E-state index is 0.130. The lowest BCUT2D eigenvalue weighted by atomic mass is 10.2. The van der Waals surface area contributed by atoms with E-state index in [1.165, 1.54) is 35.9 Å². The van der Waals surface area contributed by atoms with E-state index in [1.54, 1.807) is 0 Å². The van der Waals surface area contributed by atoms with E-state index in [-0.39, 0.29) is 5.78 Å². The molecule has 1 fully saturated rings. The first-order valence-corrected chi connectivity index (χ1v) is 9.42. The fourth-order valence-electron chi connectivity index (χ4n) is 2.43. The Labute approximate surface area is 144 Å². The summed E-state index contributed by atoms with van der Waals surface area (Å²) in [5.74, 6) is 0.515. The maximum atomic E-state index is 12.5. The summed E-state index contributed by atoms with van der Waals surface area (Å²) >= 11 is 2.97. The predicted molar refractivity (Wildman–Crippen MR) is 95.7 cm³/mol. The second-order valence-electron chi connectivity index (χ2n) is 5.69. The van der Waals surface area contributed by atoms with Crippen molar-refractivity contribution in [3.8, 4) is 0 Å². The average Bonchev–Trinajstić information content (AvgIpc) is 3.15. The highest BCUT2D eigenvalue weighted by Gasteiger charge is 2.22. The molecule has 1 N–H and O–H groups in total. The average molecular weight is 348 g/mol. The molecule has 1 aliphatic rings. The van der Waals surface area contributed by atoms with Crippen molar-refractivity contribution in [1.29, 1.82) is 0 Å². The number of rotatable bonds is 8. The quantitative estimate of drug-likeness (QED) is 0.448. The number of hydrogen-bond acceptors (Lipinski definition) is 6. The van der Waals surface area contributed by atoms with Crippen LogP contribution in [0.25, 0.3) is 0 Å². The van der Waals surface area contributed by atoms with Crippen LogP contribution < -0.4 is 5.32 Å². The van der Waals surface area contributed by atoms with Gasteiger partial charge in [-0.1, -0.05) is 29.2 Å². The third kappa shape index (κ3) is 3.84. The third-order valence-corrected chi connectivity index (χ3v) is 5.81. The molecule has 5 nitrogen and oxygen atoms in total. The van der Waals surface area contributed by atoms with Crippen molar-refractivity contribution in [2.45, 2.75) is 43.6 Å². The van der Waals surface area contributed by atoms with Gasteiger partial charge >= 0.3 is 0 Å². The molecular weight excluding hydrogens is 328 g/mol. The molecular formula is C16H20N4OS2. The molecule has 0 unspecified atom stereocenters. The maximum Gasteiger partial charge on any atom is 0.206 e. The molecule has 2 heterocycles. The van der Waals surface area contributed by atoms with Crippen molar-refractivity contribution in [2.24, 2.45) is 0 Å². The highest BCUT2D eigenvalue weighted by atomic mass is 32.2. The molecule has 23 heavy (non-hydrogen) atoms.